The molecule has 1 unspecified atom stereocenters. The van der Waals surface area contributed by atoms with E-state index >= 15 is 0 Å². The zero-order chi connectivity index (χ0) is 12.1. The van der Waals surface area contributed by atoms with E-state index in [0.29, 0.717) is 5.92 Å². The molecule has 1 aliphatic carbocycles. The van der Waals surface area contributed by atoms with Crippen molar-refractivity contribution in [3.63, 3.8) is 0 Å². The van der Waals surface area contributed by atoms with Crippen LogP contribution in [-0.2, 0) is 0 Å². The summed E-state index contributed by atoms with van der Waals surface area (Å²) in [5, 5.41) is 0. The zero-order valence-corrected chi connectivity index (χ0v) is 10.6. The van der Waals surface area contributed by atoms with Crippen molar-refractivity contribution in [2.45, 2.75) is 26.7 Å². The number of aryl methyl sites for hydroxylation is 1. The third-order valence-electron chi connectivity index (χ3n) is 3.02. The van der Waals surface area contributed by atoms with E-state index in [4.69, 9.17) is 4.74 Å². The fourth-order valence-electron chi connectivity index (χ4n) is 2.01. The molecule has 0 N–H and O–H groups in total. The molecule has 1 nitrogen and oxygen atoms in total. The third kappa shape index (κ3) is 3.77. The normalized spacial score (nSPS) is 18.9. The van der Waals surface area contributed by atoms with Crippen LogP contribution in [0.25, 0.3) is 0 Å². The van der Waals surface area contributed by atoms with E-state index in [-0.39, 0.29) is 0 Å². The van der Waals surface area contributed by atoms with Crippen LogP contribution in [0.3, 0.4) is 0 Å². The van der Waals surface area contributed by atoms with Crippen molar-refractivity contribution in [2.75, 3.05) is 6.61 Å². The fraction of sp³-hybridized carbons (Fsp3) is 0.375. The average molecular weight is 228 g/mol. The number of allylic oxidation sites excluding steroid dienone is 3. The van der Waals surface area contributed by atoms with Crippen LogP contribution < -0.4 is 4.74 Å². The van der Waals surface area contributed by atoms with E-state index in [1.807, 2.05) is 12.1 Å². The lowest BCUT2D eigenvalue weighted by Crippen LogP contribution is -2.01. The SMILES string of the molecule is Cc1ccc(OCCC2=CC(C)CC=C2)cc1. The summed E-state index contributed by atoms with van der Waals surface area (Å²) in [5.74, 6) is 1.64. The lowest BCUT2D eigenvalue weighted by molar-refractivity contribution is 0.322. The van der Waals surface area contributed by atoms with Gasteiger partial charge in [0.15, 0.2) is 0 Å². The van der Waals surface area contributed by atoms with Crippen LogP contribution in [0.2, 0.25) is 0 Å². The summed E-state index contributed by atoms with van der Waals surface area (Å²) < 4.78 is 5.72. The van der Waals surface area contributed by atoms with Gasteiger partial charge in [-0.15, -0.1) is 0 Å². The highest BCUT2D eigenvalue weighted by atomic mass is 16.5. The molecule has 0 saturated carbocycles. The fourth-order valence-corrected chi connectivity index (χ4v) is 2.01. The molecule has 0 fully saturated rings. The number of hydrogen-bond donors (Lipinski definition) is 0. The van der Waals surface area contributed by atoms with E-state index in [1.54, 1.807) is 0 Å². The second-order valence-electron chi connectivity index (χ2n) is 4.77. The summed E-state index contributed by atoms with van der Waals surface area (Å²) in [6.45, 7) is 5.10. The largest absolute Gasteiger partial charge is 0.493 e. The maximum Gasteiger partial charge on any atom is 0.119 e. The Hall–Kier alpha value is -1.50. The van der Waals surface area contributed by atoms with Gasteiger partial charge < -0.3 is 4.74 Å². The Morgan fingerprint density at radius 2 is 2.00 bits per heavy atom. The van der Waals surface area contributed by atoms with Crippen molar-refractivity contribution in [2.24, 2.45) is 5.92 Å². The minimum Gasteiger partial charge on any atom is -0.493 e. The molecule has 0 bridgehead atoms. The van der Waals surface area contributed by atoms with Crippen LogP contribution >= 0.6 is 0 Å². The zero-order valence-electron chi connectivity index (χ0n) is 10.6. The molecular weight excluding hydrogens is 208 g/mol. The number of rotatable bonds is 4. The van der Waals surface area contributed by atoms with Crippen LogP contribution in [0.1, 0.15) is 25.3 Å². The molecule has 0 amide bonds. The first-order valence-corrected chi connectivity index (χ1v) is 6.31. The minimum absolute atomic E-state index is 0.675. The highest BCUT2D eigenvalue weighted by Gasteiger charge is 2.04. The number of benzene rings is 1. The molecule has 1 aromatic rings. The molecule has 0 aromatic heterocycles. The predicted molar refractivity (Wildman–Crippen MR) is 72.3 cm³/mol. The monoisotopic (exact) mass is 228 g/mol. The molecule has 0 radical (unpaired) electrons. The highest BCUT2D eigenvalue weighted by molar-refractivity contribution is 5.27. The van der Waals surface area contributed by atoms with Gasteiger partial charge in [0.2, 0.25) is 0 Å². The predicted octanol–water partition coefficient (Wildman–Crippen LogP) is 4.29. The lowest BCUT2D eigenvalue weighted by Gasteiger charge is -2.12. The van der Waals surface area contributed by atoms with Crippen molar-refractivity contribution >= 4 is 0 Å². The van der Waals surface area contributed by atoms with Gasteiger partial charge in [0.1, 0.15) is 5.75 Å². The van der Waals surface area contributed by atoms with E-state index < -0.39 is 0 Å². The van der Waals surface area contributed by atoms with Crippen molar-refractivity contribution in [3.8, 4) is 5.75 Å². The first-order valence-electron chi connectivity index (χ1n) is 6.31. The first-order chi connectivity index (χ1) is 8.24. The molecule has 2 rings (SSSR count). The maximum absolute atomic E-state index is 5.72. The summed E-state index contributed by atoms with van der Waals surface area (Å²) >= 11 is 0. The summed E-state index contributed by atoms with van der Waals surface area (Å²) in [6, 6.07) is 8.22. The van der Waals surface area contributed by atoms with Crippen LogP contribution in [-0.4, -0.2) is 6.61 Å². The first kappa shape index (κ1) is 12.0. The van der Waals surface area contributed by atoms with Gasteiger partial charge >= 0.3 is 0 Å². The molecule has 0 aliphatic heterocycles. The van der Waals surface area contributed by atoms with Crippen LogP contribution in [0, 0.1) is 12.8 Å². The molecule has 90 valence electrons. The molecule has 1 aromatic carbocycles. The molecular formula is C16H20O. The molecule has 1 atom stereocenters. The van der Waals surface area contributed by atoms with Crippen LogP contribution in [0.5, 0.6) is 5.75 Å². The van der Waals surface area contributed by atoms with Gasteiger partial charge in [-0.05, 0) is 37.0 Å². The topological polar surface area (TPSA) is 9.23 Å². The van der Waals surface area contributed by atoms with Gasteiger partial charge in [-0.1, -0.05) is 42.8 Å². The van der Waals surface area contributed by atoms with Crippen molar-refractivity contribution in [1.82, 2.24) is 0 Å². The van der Waals surface area contributed by atoms with Gasteiger partial charge in [-0.25, -0.2) is 0 Å². The van der Waals surface area contributed by atoms with Gasteiger partial charge in [0.25, 0.3) is 0 Å². The second-order valence-corrected chi connectivity index (χ2v) is 4.77. The minimum atomic E-state index is 0.675. The van der Waals surface area contributed by atoms with E-state index in [9.17, 15) is 0 Å². The molecule has 1 aliphatic rings. The summed E-state index contributed by atoms with van der Waals surface area (Å²) in [7, 11) is 0. The Morgan fingerprint density at radius 3 is 2.71 bits per heavy atom. The van der Waals surface area contributed by atoms with Gasteiger partial charge in [0.05, 0.1) is 6.61 Å². The van der Waals surface area contributed by atoms with Gasteiger partial charge in [0, 0.05) is 6.42 Å². The van der Waals surface area contributed by atoms with E-state index in [0.717, 1.165) is 18.8 Å². The quantitative estimate of drug-likeness (QED) is 0.747. The van der Waals surface area contributed by atoms with Gasteiger partial charge in [-0.3, -0.25) is 0 Å². The molecule has 1 heteroatoms. The highest BCUT2D eigenvalue weighted by Crippen LogP contribution is 2.19. The van der Waals surface area contributed by atoms with Crippen molar-refractivity contribution in [3.05, 3.63) is 53.6 Å². The lowest BCUT2D eigenvalue weighted by atomic mass is 9.97. The van der Waals surface area contributed by atoms with Crippen molar-refractivity contribution < 1.29 is 4.74 Å². The number of hydrogen-bond acceptors (Lipinski definition) is 1. The van der Waals surface area contributed by atoms with E-state index in [1.165, 1.54) is 17.6 Å². The van der Waals surface area contributed by atoms with Crippen LogP contribution in [0.4, 0.5) is 0 Å². The maximum atomic E-state index is 5.72. The van der Waals surface area contributed by atoms with Crippen LogP contribution in [0.15, 0.2) is 48.1 Å². The summed E-state index contributed by atoms with van der Waals surface area (Å²) in [4.78, 5) is 0. The molecule has 0 heterocycles. The summed E-state index contributed by atoms with van der Waals surface area (Å²) in [5.41, 5.74) is 2.67. The standard InChI is InChI=1S/C16H20O/c1-13-6-8-16(9-7-13)17-11-10-15-5-3-4-14(2)12-15/h3,5-9,12,14H,4,10-11H2,1-2H3. The second kappa shape index (κ2) is 5.72. The Bertz CT molecular complexity index is 412. The average Bonchev–Trinajstić information content (AvgIpc) is 2.32. The number of ether oxygens (including phenoxy) is 1. The molecule has 0 spiro atoms. The Balaban J connectivity index is 1.80. The molecule has 0 saturated heterocycles. The molecule has 17 heavy (non-hydrogen) atoms. The smallest absolute Gasteiger partial charge is 0.119 e. The summed E-state index contributed by atoms with van der Waals surface area (Å²) in [6.07, 6.45) is 8.99. The van der Waals surface area contributed by atoms with Crippen molar-refractivity contribution in [1.29, 1.82) is 0 Å². The Labute approximate surface area is 104 Å². The Kier molecular flexibility index (Phi) is 4.03. The van der Waals surface area contributed by atoms with Gasteiger partial charge in [-0.2, -0.15) is 0 Å². The van der Waals surface area contributed by atoms with E-state index in [2.05, 4.69) is 44.2 Å². The Morgan fingerprint density at radius 1 is 1.24 bits per heavy atom. The third-order valence-corrected chi connectivity index (χ3v) is 3.02.